The van der Waals surface area contributed by atoms with Gasteiger partial charge in [-0.3, -0.25) is 4.79 Å². The van der Waals surface area contributed by atoms with Crippen molar-refractivity contribution in [2.75, 3.05) is 5.32 Å². The van der Waals surface area contributed by atoms with E-state index >= 15 is 0 Å². The van der Waals surface area contributed by atoms with Crippen molar-refractivity contribution in [3.8, 4) is 0 Å². The van der Waals surface area contributed by atoms with Crippen LogP contribution in [0, 0.1) is 13.8 Å². The Bertz CT molecular complexity index is 1600. The molecule has 11 heteroatoms. The number of imidazole rings is 1. The van der Waals surface area contributed by atoms with Gasteiger partial charge in [0.1, 0.15) is 22.4 Å². The zero-order chi connectivity index (χ0) is 24.0. The number of pyridine rings is 1. The summed E-state index contributed by atoms with van der Waals surface area (Å²) in [7, 11) is 1.90. The number of fused-ring (bicyclic) bond motifs is 4. The lowest BCUT2D eigenvalue weighted by atomic mass is 10.1. The van der Waals surface area contributed by atoms with Crippen LogP contribution in [0.15, 0.2) is 6.33 Å². The summed E-state index contributed by atoms with van der Waals surface area (Å²) in [5.41, 5.74) is 5.91. The number of aromatic amines is 1. The number of nitrogens with one attached hydrogen (secondary N) is 2. The monoisotopic (exact) mass is 489 g/mol. The SMILES string of the molecule is CCn1c(C(=O)N(C2CC2)C2CC2)c(C)c2c3nc[nH]c3c(Nc3nc4c(s3)c(C)nn4C)nc21. The number of aryl methyl sites for hydroxylation is 4. The number of anilines is 2. The first-order valence-corrected chi connectivity index (χ1v) is 13.0. The number of hydrogen-bond donors (Lipinski definition) is 2. The summed E-state index contributed by atoms with van der Waals surface area (Å²) >= 11 is 1.56. The average Bonchev–Trinajstić information content (AvgIpc) is 3.70. The van der Waals surface area contributed by atoms with Crippen LogP contribution in [-0.4, -0.2) is 57.2 Å². The summed E-state index contributed by atoms with van der Waals surface area (Å²) in [6.45, 7) is 6.75. The Kier molecular flexibility index (Phi) is 4.33. The summed E-state index contributed by atoms with van der Waals surface area (Å²) in [5, 5.41) is 9.55. The minimum absolute atomic E-state index is 0.139. The quantitative estimate of drug-likeness (QED) is 0.366. The van der Waals surface area contributed by atoms with Crippen LogP contribution in [0.5, 0.6) is 0 Å². The highest BCUT2D eigenvalue weighted by Gasteiger charge is 2.43. The van der Waals surface area contributed by atoms with Crippen molar-refractivity contribution in [1.29, 1.82) is 0 Å². The summed E-state index contributed by atoms with van der Waals surface area (Å²) in [4.78, 5) is 33.7. The minimum atomic E-state index is 0.139. The Labute approximate surface area is 205 Å². The normalized spacial score (nSPS) is 16.1. The molecule has 7 rings (SSSR count). The minimum Gasteiger partial charge on any atom is -0.342 e. The van der Waals surface area contributed by atoms with Gasteiger partial charge in [-0.25, -0.2) is 19.6 Å². The van der Waals surface area contributed by atoms with Gasteiger partial charge in [-0.15, -0.1) is 0 Å². The number of carbonyl (C=O) groups is 1. The van der Waals surface area contributed by atoms with Crippen LogP contribution >= 0.6 is 11.3 Å². The van der Waals surface area contributed by atoms with Gasteiger partial charge in [0.05, 0.1) is 22.1 Å². The third kappa shape index (κ3) is 3.03. The van der Waals surface area contributed by atoms with E-state index in [0.29, 0.717) is 24.4 Å². The molecule has 1 amide bonds. The molecule has 0 aliphatic heterocycles. The van der Waals surface area contributed by atoms with Crippen molar-refractivity contribution < 1.29 is 4.79 Å². The first kappa shape index (κ1) is 20.9. The zero-order valence-electron chi connectivity index (χ0n) is 20.2. The fourth-order valence-corrected chi connectivity index (χ4v) is 6.26. The fourth-order valence-electron chi connectivity index (χ4n) is 5.33. The van der Waals surface area contributed by atoms with E-state index in [1.54, 1.807) is 22.3 Å². The van der Waals surface area contributed by atoms with Crippen LogP contribution in [0.2, 0.25) is 0 Å². The largest absolute Gasteiger partial charge is 0.342 e. The number of rotatable bonds is 6. The molecule has 35 heavy (non-hydrogen) atoms. The van der Waals surface area contributed by atoms with Gasteiger partial charge in [0.15, 0.2) is 16.6 Å². The van der Waals surface area contributed by atoms with Gasteiger partial charge in [-0.2, -0.15) is 5.10 Å². The predicted octanol–water partition coefficient (Wildman–Crippen LogP) is 4.40. The van der Waals surface area contributed by atoms with E-state index in [1.807, 2.05) is 20.9 Å². The van der Waals surface area contributed by atoms with E-state index in [0.717, 1.165) is 80.2 Å². The van der Waals surface area contributed by atoms with E-state index in [9.17, 15) is 4.79 Å². The Morgan fingerprint density at radius 1 is 1.20 bits per heavy atom. The molecule has 2 aliphatic carbocycles. The van der Waals surface area contributed by atoms with Crippen molar-refractivity contribution in [3.63, 3.8) is 0 Å². The predicted molar refractivity (Wildman–Crippen MR) is 136 cm³/mol. The highest BCUT2D eigenvalue weighted by Crippen LogP contribution is 2.41. The standard InChI is InChI=1S/C24H27N9OS/c1-5-32-18(23(34)33(13-6-7-13)14-8-9-14)11(2)15-16-17(26-10-25-16)20(27-21(15)32)28-24-29-22-19(35-24)12(3)30-31(22)4/h10,13-14H,5-9H2,1-4H3,(H,25,26)(H,27,28,29). The number of nitrogens with zero attached hydrogens (tertiary/aromatic N) is 7. The first-order chi connectivity index (χ1) is 17.0. The number of aromatic nitrogens is 7. The molecule has 10 nitrogen and oxygen atoms in total. The van der Waals surface area contributed by atoms with Crippen LogP contribution in [0.25, 0.3) is 32.4 Å². The summed E-state index contributed by atoms with van der Waals surface area (Å²) in [5.74, 6) is 0.793. The lowest BCUT2D eigenvalue weighted by molar-refractivity contribution is 0.0718. The molecule has 0 saturated heterocycles. The molecule has 5 aromatic heterocycles. The van der Waals surface area contributed by atoms with Crippen molar-refractivity contribution in [3.05, 3.63) is 23.3 Å². The average molecular weight is 490 g/mol. The summed E-state index contributed by atoms with van der Waals surface area (Å²) in [6, 6.07) is 0.788. The van der Waals surface area contributed by atoms with Gasteiger partial charge in [0, 0.05) is 25.7 Å². The van der Waals surface area contributed by atoms with Crippen molar-refractivity contribution in [2.45, 2.75) is 65.1 Å². The second kappa shape index (κ2) is 7.27. The maximum atomic E-state index is 13.9. The van der Waals surface area contributed by atoms with E-state index < -0.39 is 0 Å². The Morgan fingerprint density at radius 2 is 1.94 bits per heavy atom. The van der Waals surface area contributed by atoms with Gasteiger partial charge in [-0.05, 0) is 52.0 Å². The number of hydrogen-bond acceptors (Lipinski definition) is 7. The Morgan fingerprint density at radius 3 is 2.60 bits per heavy atom. The Hall–Kier alpha value is -3.47. The highest BCUT2D eigenvalue weighted by molar-refractivity contribution is 7.22. The van der Waals surface area contributed by atoms with E-state index in [-0.39, 0.29) is 5.91 Å². The molecule has 2 aliphatic rings. The molecular weight excluding hydrogens is 462 g/mol. The highest BCUT2D eigenvalue weighted by atomic mass is 32.1. The fraction of sp³-hybridized carbons (Fsp3) is 0.458. The molecule has 0 unspecified atom stereocenters. The third-order valence-corrected chi connectivity index (χ3v) is 8.28. The van der Waals surface area contributed by atoms with Gasteiger partial charge < -0.3 is 19.8 Å². The number of carbonyl (C=O) groups excluding carboxylic acids is 1. The molecule has 0 spiro atoms. The topological polar surface area (TPSA) is 110 Å². The second-order valence-corrected chi connectivity index (χ2v) is 10.7. The Balaban J connectivity index is 1.39. The summed E-state index contributed by atoms with van der Waals surface area (Å²) in [6.07, 6.45) is 6.14. The lowest BCUT2D eigenvalue weighted by Gasteiger charge is -2.23. The van der Waals surface area contributed by atoms with Crippen LogP contribution in [0.1, 0.15) is 54.4 Å². The smallest absolute Gasteiger partial charge is 0.271 e. The van der Waals surface area contributed by atoms with Crippen LogP contribution < -0.4 is 5.32 Å². The van der Waals surface area contributed by atoms with Gasteiger partial charge in [0.2, 0.25) is 0 Å². The molecule has 0 radical (unpaired) electrons. The zero-order valence-corrected chi connectivity index (χ0v) is 21.0. The maximum Gasteiger partial charge on any atom is 0.271 e. The van der Waals surface area contributed by atoms with E-state index in [4.69, 9.17) is 9.97 Å². The van der Waals surface area contributed by atoms with Crippen molar-refractivity contribution in [1.82, 2.24) is 39.2 Å². The molecule has 5 heterocycles. The lowest BCUT2D eigenvalue weighted by Crippen LogP contribution is -2.36. The van der Waals surface area contributed by atoms with Crippen LogP contribution in [0.4, 0.5) is 10.9 Å². The number of thiazole rings is 1. The molecule has 0 atom stereocenters. The second-order valence-electron chi connectivity index (χ2n) is 9.68. The molecule has 0 bridgehead atoms. The van der Waals surface area contributed by atoms with Crippen LogP contribution in [0.3, 0.4) is 0 Å². The van der Waals surface area contributed by atoms with Gasteiger partial charge in [0.25, 0.3) is 5.91 Å². The maximum absolute atomic E-state index is 13.9. The molecule has 5 aromatic rings. The molecule has 180 valence electrons. The number of amides is 1. The van der Waals surface area contributed by atoms with Crippen LogP contribution in [-0.2, 0) is 13.6 Å². The molecule has 2 fully saturated rings. The van der Waals surface area contributed by atoms with Gasteiger partial charge >= 0.3 is 0 Å². The molecule has 2 N–H and O–H groups in total. The van der Waals surface area contributed by atoms with Crippen molar-refractivity contribution in [2.24, 2.45) is 7.05 Å². The molecule has 2 saturated carbocycles. The summed E-state index contributed by atoms with van der Waals surface area (Å²) < 4.78 is 4.91. The molecular formula is C24H27N9OS. The molecule has 0 aromatic carbocycles. The first-order valence-electron chi connectivity index (χ1n) is 12.2. The van der Waals surface area contributed by atoms with Gasteiger partial charge in [-0.1, -0.05) is 11.3 Å². The van der Waals surface area contributed by atoms with E-state index in [2.05, 4.69) is 36.8 Å². The number of H-pyrrole nitrogens is 1. The third-order valence-electron chi connectivity index (χ3n) is 7.21. The van der Waals surface area contributed by atoms with E-state index in [1.165, 1.54) is 0 Å². The van der Waals surface area contributed by atoms with Crippen molar-refractivity contribution >= 4 is 60.6 Å².